The highest BCUT2D eigenvalue weighted by Crippen LogP contribution is 2.14. The van der Waals surface area contributed by atoms with E-state index < -0.39 is 170 Å². The molecular weight excluding hydrogens is 1110 g/mol. The number of primary amides is 1. The van der Waals surface area contributed by atoms with Crippen LogP contribution >= 0.6 is 24.2 Å². The molecule has 28 nitrogen and oxygen atoms in total. The molecule has 0 aliphatic carbocycles. The molecule has 2 aromatic carbocycles. The molecule has 2 aromatic rings. The Balaban J connectivity index is 2.43. The number of carbonyl (C=O) groups is 11. The molecule has 0 aliphatic heterocycles. The number of carbonyl (C=O) groups excluding carboxylic acids is 9. The smallest absolute Gasteiger partial charge is 0.305 e. The van der Waals surface area contributed by atoms with Gasteiger partial charge in [-0.2, -0.15) is 12.6 Å². The zero-order valence-corrected chi connectivity index (χ0v) is 45.5. The Hall–Kier alpha value is -8.51. The highest BCUT2D eigenvalue weighted by molar-refractivity contribution is 7.80. The van der Waals surface area contributed by atoms with Gasteiger partial charge in [0.1, 0.15) is 47.2 Å². The molecule has 442 valence electrons. The fraction of sp³-hybridized carbons (Fsp3) is 0.392. The summed E-state index contributed by atoms with van der Waals surface area (Å²) in [6.07, 6.45) is -1.22. The van der Waals surface area contributed by atoms with Gasteiger partial charge in [-0.25, -0.2) is 5.06 Å². The van der Waals surface area contributed by atoms with Crippen molar-refractivity contribution in [3.8, 4) is 5.75 Å². The predicted octanol–water partition coefficient (Wildman–Crippen LogP) is -2.52. The van der Waals surface area contributed by atoms with E-state index in [0.29, 0.717) is 10.6 Å². The van der Waals surface area contributed by atoms with E-state index in [9.17, 15) is 73.3 Å². The predicted molar refractivity (Wildman–Crippen MR) is 293 cm³/mol. The fourth-order valence-electron chi connectivity index (χ4n) is 7.03. The average Bonchev–Trinajstić information content (AvgIpc) is 3.43. The van der Waals surface area contributed by atoms with Crippen molar-refractivity contribution in [3.05, 3.63) is 115 Å². The number of nitrogens with two attached hydrogens (primary N) is 2. The number of ether oxygens (including phenoxy) is 2. The zero-order chi connectivity index (χ0) is 60.8. The van der Waals surface area contributed by atoms with Crippen molar-refractivity contribution >= 4 is 89.3 Å². The molecule has 0 saturated heterocycles. The Labute approximate surface area is 475 Å². The Morgan fingerprint density at radius 3 is 1.58 bits per heavy atom. The van der Waals surface area contributed by atoms with Gasteiger partial charge in [0.25, 0.3) is 0 Å². The van der Waals surface area contributed by atoms with Crippen LogP contribution in [0.15, 0.2) is 104 Å². The third kappa shape index (κ3) is 25.9. The van der Waals surface area contributed by atoms with Crippen molar-refractivity contribution < 1.29 is 82.7 Å². The molecule has 0 spiro atoms. The summed E-state index contributed by atoms with van der Waals surface area (Å²) in [7, 11) is 0. The first-order valence-corrected chi connectivity index (χ1v) is 25.5. The van der Waals surface area contributed by atoms with Crippen LogP contribution in [0.4, 0.5) is 0 Å². The number of halogens is 1. The van der Waals surface area contributed by atoms with E-state index in [-0.39, 0.29) is 42.4 Å². The first kappa shape index (κ1) is 68.6. The molecule has 16 N–H and O–H groups in total. The molecule has 0 fully saturated rings. The normalized spacial score (nSPS) is 13.7. The number of nitrogens with zero attached hydrogens (tertiary/aromatic N) is 1. The minimum Gasteiger partial charge on any atom is -0.508 e. The molecule has 81 heavy (non-hydrogen) atoms. The molecule has 0 heterocycles. The molecule has 0 aromatic heterocycles. The van der Waals surface area contributed by atoms with Gasteiger partial charge >= 0.3 is 11.9 Å². The van der Waals surface area contributed by atoms with Crippen LogP contribution in [-0.2, 0) is 75.1 Å². The number of benzene rings is 2. The summed E-state index contributed by atoms with van der Waals surface area (Å²) in [5.41, 5.74) is 11.9. The van der Waals surface area contributed by atoms with Gasteiger partial charge in [-0.1, -0.05) is 79.4 Å². The van der Waals surface area contributed by atoms with Crippen molar-refractivity contribution in [3.63, 3.8) is 0 Å². The third-order valence-corrected chi connectivity index (χ3v) is 11.7. The van der Waals surface area contributed by atoms with Crippen LogP contribution in [0.25, 0.3) is 0 Å². The van der Waals surface area contributed by atoms with Crippen LogP contribution in [0, 0.1) is 0 Å². The summed E-state index contributed by atoms with van der Waals surface area (Å²) in [6.45, 7) is 12.0. The topological polar surface area (TPSA) is 439 Å². The quantitative estimate of drug-likeness (QED) is 0.0108. The number of hydrogen-bond donors (Lipinski definition) is 15. The van der Waals surface area contributed by atoms with Crippen molar-refractivity contribution in [1.29, 1.82) is 0 Å². The van der Waals surface area contributed by atoms with E-state index in [2.05, 4.69) is 81.5 Å². The van der Waals surface area contributed by atoms with Crippen molar-refractivity contribution in [1.82, 2.24) is 47.6 Å². The maximum absolute atomic E-state index is 14.1. The minimum absolute atomic E-state index is 0.00192. The first-order valence-electron chi connectivity index (χ1n) is 24.5. The van der Waals surface area contributed by atoms with Crippen LogP contribution in [0.2, 0.25) is 0 Å². The molecule has 0 aliphatic rings. The third-order valence-electron chi connectivity index (χ3n) is 11.2. The van der Waals surface area contributed by atoms with E-state index >= 15 is 0 Å². The summed E-state index contributed by atoms with van der Waals surface area (Å²) >= 11 is 9.98. The number of phenolic OH excluding ortho intramolecular Hbond substituents is 1. The number of thiol groups is 1. The van der Waals surface area contributed by atoms with Crippen LogP contribution in [0.5, 0.6) is 5.75 Å². The Kier molecular flexibility index (Phi) is 30.4. The van der Waals surface area contributed by atoms with E-state index in [1.54, 1.807) is 30.3 Å². The SMILES string of the molecule is C=CCOCC(NC(=O)C(CC(N)=O)NC(=O)C(CC(=O)O)NC(=O)C(Cc1ccc(O)cc1)NC(=O)CNC(=O)C(CCC(=O)O)NC(=O)C(Cc1ccccc1)NC(=O)C(COCC=C)N(O)C(=C)Cl)C(=O)NC(CS)C(=C)N. The van der Waals surface area contributed by atoms with Gasteiger partial charge in [0.2, 0.25) is 53.2 Å². The monoisotopic (exact) mass is 1170 g/mol. The molecule has 0 bridgehead atoms. The second-order valence-electron chi connectivity index (χ2n) is 17.6. The maximum Gasteiger partial charge on any atom is 0.305 e. The van der Waals surface area contributed by atoms with Gasteiger partial charge < -0.3 is 78.8 Å². The number of phenols is 1. The number of amides is 9. The van der Waals surface area contributed by atoms with Gasteiger partial charge in [-0.3, -0.25) is 57.9 Å². The number of aliphatic carboxylic acids is 2. The van der Waals surface area contributed by atoms with Gasteiger partial charge in [0.15, 0.2) is 6.04 Å². The van der Waals surface area contributed by atoms with Crippen LogP contribution < -0.4 is 54.0 Å². The van der Waals surface area contributed by atoms with Gasteiger partial charge in [0.05, 0.1) is 51.9 Å². The molecule has 8 atom stereocenters. The lowest BCUT2D eigenvalue weighted by Crippen LogP contribution is -2.60. The van der Waals surface area contributed by atoms with Crippen LogP contribution in [-0.4, -0.2) is 178 Å². The highest BCUT2D eigenvalue weighted by atomic mass is 35.5. The summed E-state index contributed by atoms with van der Waals surface area (Å²) in [4.78, 5) is 146. The minimum atomic E-state index is -2.05. The second-order valence-corrected chi connectivity index (χ2v) is 18.4. The Bertz CT molecular complexity index is 2580. The van der Waals surface area contributed by atoms with Crippen molar-refractivity contribution in [2.45, 2.75) is 86.9 Å². The molecule has 9 amide bonds. The maximum atomic E-state index is 14.1. The summed E-state index contributed by atoms with van der Waals surface area (Å²) in [5.74, 6) is -13.2. The lowest BCUT2D eigenvalue weighted by Gasteiger charge is -2.28. The van der Waals surface area contributed by atoms with E-state index in [0.717, 1.165) is 0 Å². The lowest BCUT2D eigenvalue weighted by atomic mass is 10.0. The fourth-order valence-corrected chi connectivity index (χ4v) is 7.47. The molecule has 2 rings (SSSR count). The number of carboxylic acids is 2. The first-order chi connectivity index (χ1) is 38.3. The standard InChI is InChI=1S/C51H68ClN11O17S/c1-5-18-79-25-38(50(76)62-39(27-81)28(3)53)61-48(74)36(22-41(54)65)58-49(75)37(23-44(69)70)59-46(72)34(21-31-12-14-32(64)15-13-31)56-42(66)24-55-45(71)33(16-17-43(67)68)57-47(73)35(20-30-10-8-7-9-11-30)60-51(77)40(26-80-19-6-2)63(78)29(4)52/h5-15,33-40,64,78,81H,1-4,16-27,53H2,(H2,54,65)(H,55,71)(H,56,66)(H,57,73)(H,58,75)(H,59,72)(H,60,77)(H,61,74)(H,62,76)(H,67,68)(H,69,70). The summed E-state index contributed by atoms with van der Waals surface area (Å²) in [5, 5.41) is 58.2. The highest BCUT2D eigenvalue weighted by Gasteiger charge is 2.36. The van der Waals surface area contributed by atoms with Crippen molar-refractivity contribution in [2.75, 3.05) is 38.7 Å². The lowest BCUT2D eigenvalue weighted by molar-refractivity contribution is -0.150. The molecule has 0 radical (unpaired) electrons. The molecule has 30 heteroatoms. The number of nitrogens with one attached hydrogen (secondary N) is 8. The number of hydroxylamine groups is 2. The number of hydrogen-bond acceptors (Lipinski definition) is 18. The number of rotatable bonds is 39. The van der Waals surface area contributed by atoms with Gasteiger partial charge in [0, 0.05) is 30.7 Å². The number of carboxylic acid groups (broad SMARTS) is 2. The summed E-state index contributed by atoms with van der Waals surface area (Å²) < 4.78 is 10.7. The Morgan fingerprint density at radius 1 is 0.605 bits per heavy atom. The average molecular weight is 1170 g/mol. The van der Waals surface area contributed by atoms with Gasteiger partial charge in [-0.05, 0) is 29.7 Å². The van der Waals surface area contributed by atoms with Gasteiger partial charge in [-0.15, -0.1) is 13.2 Å². The van der Waals surface area contributed by atoms with Crippen LogP contribution in [0.1, 0.15) is 36.8 Å². The van der Waals surface area contributed by atoms with E-state index in [1.165, 1.54) is 36.4 Å². The van der Waals surface area contributed by atoms with E-state index in [1.807, 2.05) is 0 Å². The second kappa shape index (κ2) is 35.9. The molecule has 8 unspecified atom stereocenters. The summed E-state index contributed by atoms with van der Waals surface area (Å²) in [6, 6.07) is 0.597. The molecular formula is C51H68ClN11O17S. The largest absolute Gasteiger partial charge is 0.508 e. The Morgan fingerprint density at radius 2 is 1.07 bits per heavy atom. The van der Waals surface area contributed by atoms with Crippen molar-refractivity contribution in [2.24, 2.45) is 11.5 Å². The molecule has 0 saturated carbocycles. The number of aromatic hydroxyl groups is 1. The van der Waals surface area contributed by atoms with Crippen LogP contribution in [0.3, 0.4) is 0 Å². The zero-order valence-electron chi connectivity index (χ0n) is 43.8. The van der Waals surface area contributed by atoms with E-state index in [4.69, 9.17) is 32.5 Å².